The van der Waals surface area contributed by atoms with Crippen LogP contribution in [0.4, 0.5) is 5.69 Å². The Kier molecular flexibility index (Phi) is 9.70. The van der Waals surface area contributed by atoms with Crippen LogP contribution in [-0.4, -0.2) is 69.5 Å². The maximum absolute atomic E-state index is 13.8. The van der Waals surface area contributed by atoms with Gasteiger partial charge in [0.1, 0.15) is 12.1 Å². The number of carbonyl (C=O) groups is 5. The number of imidazole rings is 1. The Hall–Kier alpha value is -4.82. The number of aromatic nitrogens is 2. The molecule has 2 aromatic carbocycles. The summed E-state index contributed by atoms with van der Waals surface area (Å²) < 4.78 is 9.12. The van der Waals surface area contributed by atoms with Gasteiger partial charge in [-0.25, -0.2) is 4.79 Å². The summed E-state index contributed by atoms with van der Waals surface area (Å²) in [5, 5.41) is 5.37. The van der Waals surface area contributed by atoms with Crippen LogP contribution in [0.25, 0.3) is 11.0 Å². The van der Waals surface area contributed by atoms with E-state index in [9.17, 15) is 28.8 Å². The number of ether oxygens (including phenoxy) is 1. The molecule has 0 spiro atoms. The van der Waals surface area contributed by atoms with Crippen molar-refractivity contribution in [2.75, 3.05) is 11.5 Å². The number of rotatable bonds is 12. The van der Waals surface area contributed by atoms with Crippen molar-refractivity contribution < 1.29 is 28.7 Å². The van der Waals surface area contributed by atoms with E-state index in [4.69, 9.17) is 16.2 Å². The number of aryl methyl sites for hydroxylation is 3. The van der Waals surface area contributed by atoms with Gasteiger partial charge in [0.2, 0.25) is 29.5 Å². The molecule has 6 rings (SSSR count). The highest BCUT2D eigenvalue weighted by molar-refractivity contribution is 6.07. The maximum atomic E-state index is 13.8. The van der Waals surface area contributed by atoms with E-state index in [1.54, 1.807) is 11.9 Å². The van der Waals surface area contributed by atoms with Crippen molar-refractivity contribution in [1.29, 1.82) is 0 Å². The number of piperidine rings is 1. The van der Waals surface area contributed by atoms with Crippen molar-refractivity contribution in [2.45, 2.75) is 95.0 Å². The van der Waals surface area contributed by atoms with Crippen LogP contribution >= 0.6 is 0 Å². The lowest BCUT2D eigenvalue weighted by atomic mass is 10.0. The quantitative estimate of drug-likeness (QED) is 0.158. The first kappa shape index (κ1) is 34.1. The number of carbonyl (C=O) groups excluding carboxylic acids is 5. The Bertz CT molecular complexity index is 1880. The van der Waals surface area contributed by atoms with Gasteiger partial charge in [-0.05, 0) is 74.3 Å². The maximum Gasteiger partial charge on any atom is 0.329 e. The summed E-state index contributed by atoms with van der Waals surface area (Å²) >= 11 is 0. The fourth-order valence-corrected chi connectivity index (χ4v) is 7.32. The highest BCUT2D eigenvalue weighted by Gasteiger charge is 2.43. The Morgan fingerprint density at radius 3 is 2.59 bits per heavy atom. The average molecular weight is 674 g/mol. The zero-order valence-electron chi connectivity index (χ0n) is 27.8. The van der Waals surface area contributed by atoms with Gasteiger partial charge < -0.3 is 21.5 Å². The Morgan fingerprint density at radius 1 is 1.06 bits per heavy atom. The number of nitrogens with two attached hydrogens (primary N) is 2. The monoisotopic (exact) mass is 673 g/mol. The summed E-state index contributed by atoms with van der Waals surface area (Å²) in [4.78, 5) is 77.6. The first-order valence-corrected chi connectivity index (χ1v) is 16.9. The van der Waals surface area contributed by atoms with Gasteiger partial charge in [-0.15, -0.1) is 0 Å². The second-order valence-electron chi connectivity index (χ2n) is 13.3. The van der Waals surface area contributed by atoms with Crippen molar-refractivity contribution in [3.8, 4) is 0 Å². The van der Waals surface area contributed by atoms with Crippen molar-refractivity contribution in [3.63, 3.8) is 0 Å². The summed E-state index contributed by atoms with van der Waals surface area (Å²) in [6.45, 7) is 2.19. The van der Waals surface area contributed by atoms with Crippen LogP contribution in [0.2, 0.25) is 0 Å². The van der Waals surface area contributed by atoms with Crippen LogP contribution in [0.3, 0.4) is 0 Å². The van der Waals surface area contributed by atoms with Crippen LogP contribution in [0.5, 0.6) is 0 Å². The minimum absolute atomic E-state index is 0.0540. The highest BCUT2D eigenvalue weighted by Crippen LogP contribution is 2.39. The lowest BCUT2D eigenvalue weighted by Gasteiger charge is -2.30. The molecule has 3 aliphatic heterocycles. The van der Waals surface area contributed by atoms with Crippen LogP contribution in [-0.2, 0) is 55.0 Å². The highest BCUT2D eigenvalue weighted by atomic mass is 16.5. The molecule has 0 aliphatic carbocycles. The van der Waals surface area contributed by atoms with Crippen LogP contribution in [0, 0.1) is 0 Å². The summed E-state index contributed by atoms with van der Waals surface area (Å²) in [6, 6.07) is 8.76. The SMILES string of the molecule is C[C@@H](OCCCc1ccc2c(c1)n(C)c(=O)n2C1CCC(=O)NC1=O)[C@H](CCC(N)=O)NC(=O)[C@@H]1Cc2cccc3c2N1C(=O)[C@@H](N)CC3. The number of fused-ring (bicyclic) bond motifs is 1. The zero-order chi connectivity index (χ0) is 35.0. The molecule has 3 aliphatic rings. The summed E-state index contributed by atoms with van der Waals surface area (Å²) in [5.41, 5.74) is 16.3. The van der Waals surface area contributed by atoms with Gasteiger partial charge in [-0.1, -0.05) is 24.3 Å². The fraction of sp³-hybridized carbons (Fsp3) is 0.486. The van der Waals surface area contributed by atoms with Gasteiger partial charge in [0, 0.05) is 32.9 Å². The van der Waals surface area contributed by atoms with Crippen molar-refractivity contribution in [2.24, 2.45) is 18.5 Å². The van der Waals surface area contributed by atoms with E-state index in [0.29, 0.717) is 49.7 Å². The van der Waals surface area contributed by atoms with Gasteiger partial charge in [-0.2, -0.15) is 0 Å². The first-order chi connectivity index (χ1) is 23.4. The third-order valence-corrected chi connectivity index (χ3v) is 10.0. The Morgan fingerprint density at radius 2 is 1.84 bits per heavy atom. The second kappa shape index (κ2) is 14.0. The summed E-state index contributed by atoms with van der Waals surface area (Å²) in [7, 11) is 1.66. The largest absolute Gasteiger partial charge is 0.376 e. The number of anilines is 1. The van der Waals surface area contributed by atoms with E-state index in [1.165, 1.54) is 9.13 Å². The van der Waals surface area contributed by atoms with E-state index < -0.39 is 42.1 Å². The second-order valence-corrected chi connectivity index (χ2v) is 13.3. The van der Waals surface area contributed by atoms with Gasteiger partial charge in [0.05, 0.1) is 34.9 Å². The zero-order valence-corrected chi connectivity index (χ0v) is 27.8. The van der Waals surface area contributed by atoms with Crippen LogP contribution in [0.1, 0.15) is 68.2 Å². The molecule has 49 heavy (non-hydrogen) atoms. The van der Waals surface area contributed by atoms with E-state index in [1.807, 2.05) is 43.3 Å². The predicted molar refractivity (Wildman–Crippen MR) is 180 cm³/mol. The molecule has 1 fully saturated rings. The fourth-order valence-electron chi connectivity index (χ4n) is 7.32. The van der Waals surface area contributed by atoms with E-state index in [-0.39, 0.29) is 49.1 Å². The molecule has 0 bridgehead atoms. The molecule has 1 saturated heterocycles. The Balaban J connectivity index is 1.09. The molecule has 14 heteroatoms. The number of imide groups is 1. The number of nitrogens with one attached hydrogen (secondary N) is 2. The van der Waals surface area contributed by atoms with Gasteiger partial charge in [-0.3, -0.25) is 43.3 Å². The average Bonchev–Trinajstić information content (AvgIpc) is 3.54. The minimum atomic E-state index is -0.758. The molecule has 1 aromatic heterocycles. The number of nitrogens with zero attached hydrogens (tertiary/aromatic N) is 3. The van der Waals surface area contributed by atoms with Crippen molar-refractivity contribution in [1.82, 2.24) is 19.8 Å². The number of benzene rings is 2. The normalized spacial score (nSPS) is 21.7. The molecule has 0 saturated carbocycles. The smallest absolute Gasteiger partial charge is 0.329 e. The third kappa shape index (κ3) is 6.75. The lowest BCUT2D eigenvalue weighted by molar-refractivity contribution is -0.135. The Labute approximate surface area is 283 Å². The number of hydrogen-bond donors (Lipinski definition) is 4. The van der Waals surface area contributed by atoms with Crippen LogP contribution in [0.15, 0.2) is 41.2 Å². The topological polar surface area (TPSA) is 201 Å². The predicted octanol–water partition coefficient (Wildman–Crippen LogP) is 0.637. The molecule has 14 nitrogen and oxygen atoms in total. The number of hydrogen-bond acceptors (Lipinski definition) is 8. The van der Waals surface area contributed by atoms with Gasteiger partial charge in [0.15, 0.2) is 0 Å². The number of para-hydroxylation sites is 1. The van der Waals surface area contributed by atoms with E-state index >= 15 is 0 Å². The van der Waals surface area contributed by atoms with E-state index in [0.717, 1.165) is 22.4 Å². The number of amides is 5. The van der Waals surface area contributed by atoms with Crippen molar-refractivity contribution >= 4 is 46.3 Å². The molecule has 260 valence electrons. The lowest BCUT2D eigenvalue weighted by Crippen LogP contribution is -2.55. The van der Waals surface area contributed by atoms with Gasteiger partial charge in [0.25, 0.3) is 0 Å². The standard InChI is InChI=1S/C35H43N7O7/c1-19(49-16-4-5-20-8-12-25-27(17-20)40(2)35(48)41(25)26-13-15-30(44)39-32(26)45)24(11-14-29(37)43)38-33(46)28-18-22-7-3-6-21-9-10-23(36)34(47)42(28)31(21)22/h3,6-8,12,17,19,23-24,26,28H,4-5,9-11,13-16,18,36H2,1-2H3,(H2,37,43)(H,38,46)(H,39,44,45)/t19-,23+,24+,26?,28+/m1/s1. The minimum Gasteiger partial charge on any atom is -0.376 e. The molecule has 1 unspecified atom stereocenters. The van der Waals surface area contributed by atoms with Crippen LogP contribution < -0.4 is 32.7 Å². The summed E-state index contributed by atoms with van der Waals surface area (Å²) in [6.07, 6.45) is 3.12. The molecular formula is C35H43N7O7. The summed E-state index contributed by atoms with van der Waals surface area (Å²) in [5.74, 6) is -1.92. The molecule has 5 amide bonds. The molecular weight excluding hydrogens is 630 g/mol. The van der Waals surface area contributed by atoms with Gasteiger partial charge >= 0.3 is 5.69 Å². The van der Waals surface area contributed by atoms with Crippen molar-refractivity contribution in [3.05, 3.63) is 63.6 Å². The van der Waals surface area contributed by atoms with E-state index in [2.05, 4.69) is 10.6 Å². The first-order valence-electron chi connectivity index (χ1n) is 16.9. The number of primary amides is 1. The molecule has 4 heterocycles. The molecule has 3 aromatic rings. The third-order valence-electron chi connectivity index (χ3n) is 10.0. The molecule has 5 atom stereocenters. The molecule has 0 radical (unpaired) electrons. The molecule has 6 N–H and O–H groups in total.